The lowest BCUT2D eigenvalue weighted by molar-refractivity contribution is 0.146. The van der Waals surface area contributed by atoms with Crippen LogP contribution in [0.15, 0.2) is 11.3 Å². The summed E-state index contributed by atoms with van der Waals surface area (Å²) in [7, 11) is 0. The van der Waals surface area contributed by atoms with Crippen molar-refractivity contribution >= 4 is 5.96 Å². The predicted octanol–water partition coefficient (Wildman–Crippen LogP) is 2.07. The summed E-state index contributed by atoms with van der Waals surface area (Å²) in [4.78, 5) is 7.33. The lowest BCUT2D eigenvalue weighted by Gasteiger charge is -2.20. The standard InChI is InChI=1S/C21H41N7O/c1-3-20-26-25-19-28(20)17-13-24-21(23-12-10-18-29-4-2)22-11-9-16-27-14-7-5-6-8-15-27/h19H,3-18H2,1-2H3,(H2,22,23,24). The first-order chi connectivity index (χ1) is 14.3. The number of aliphatic imine (C=N–C) groups is 1. The SMILES string of the molecule is CCOCCCN=C(NCCCN1CCCCCC1)NCCn1cnnc1CC. The van der Waals surface area contributed by atoms with Crippen LogP contribution >= 0.6 is 0 Å². The van der Waals surface area contributed by atoms with Crippen LogP contribution in [-0.2, 0) is 17.7 Å². The number of likely N-dealkylation sites (tertiary alicyclic amines) is 1. The normalized spacial score (nSPS) is 16.0. The Morgan fingerprint density at radius 2 is 1.86 bits per heavy atom. The van der Waals surface area contributed by atoms with Gasteiger partial charge in [0.05, 0.1) is 0 Å². The minimum absolute atomic E-state index is 0.766. The summed E-state index contributed by atoms with van der Waals surface area (Å²) in [5, 5.41) is 15.1. The largest absolute Gasteiger partial charge is 0.382 e. The molecule has 1 saturated heterocycles. The molecule has 2 heterocycles. The van der Waals surface area contributed by atoms with E-state index in [1.54, 1.807) is 6.33 Å². The Balaban J connectivity index is 1.71. The van der Waals surface area contributed by atoms with E-state index in [0.717, 1.165) is 70.4 Å². The lowest BCUT2D eigenvalue weighted by Crippen LogP contribution is -2.40. The average Bonchev–Trinajstić information content (AvgIpc) is 3.03. The molecule has 29 heavy (non-hydrogen) atoms. The fourth-order valence-electron chi connectivity index (χ4n) is 3.58. The van der Waals surface area contributed by atoms with Crippen LogP contribution in [0, 0.1) is 0 Å². The van der Waals surface area contributed by atoms with Crippen LogP contribution in [0.3, 0.4) is 0 Å². The number of aryl methyl sites for hydroxylation is 1. The molecule has 8 heteroatoms. The van der Waals surface area contributed by atoms with Crippen LogP contribution in [-0.4, -0.2) is 78.1 Å². The molecule has 0 bridgehead atoms. The second kappa shape index (κ2) is 15.2. The number of hydrogen-bond acceptors (Lipinski definition) is 5. The van der Waals surface area contributed by atoms with Crippen molar-refractivity contribution in [1.82, 2.24) is 30.3 Å². The number of nitrogens with one attached hydrogen (secondary N) is 2. The van der Waals surface area contributed by atoms with Crippen LogP contribution in [0.2, 0.25) is 0 Å². The molecule has 1 aliphatic rings. The van der Waals surface area contributed by atoms with Crippen LogP contribution < -0.4 is 10.6 Å². The van der Waals surface area contributed by atoms with E-state index in [4.69, 9.17) is 9.73 Å². The smallest absolute Gasteiger partial charge is 0.191 e. The van der Waals surface area contributed by atoms with Gasteiger partial charge in [-0.25, -0.2) is 0 Å². The third-order valence-corrected chi connectivity index (χ3v) is 5.22. The van der Waals surface area contributed by atoms with Crippen molar-refractivity contribution in [3.05, 3.63) is 12.2 Å². The zero-order chi connectivity index (χ0) is 20.6. The molecule has 8 nitrogen and oxygen atoms in total. The van der Waals surface area contributed by atoms with Crippen molar-refractivity contribution in [3.63, 3.8) is 0 Å². The second-order valence-electron chi connectivity index (χ2n) is 7.54. The summed E-state index contributed by atoms with van der Waals surface area (Å²) in [6.45, 7) is 12.7. The molecule has 0 amide bonds. The van der Waals surface area contributed by atoms with Gasteiger partial charge in [-0.05, 0) is 52.2 Å². The van der Waals surface area contributed by atoms with E-state index < -0.39 is 0 Å². The summed E-state index contributed by atoms with van der Waals surface area (Å²) in [5.74, 6) is 1.91. The number of ether oxygens (including phenoxy) is 1. The van der Waals surface area contributed by atoms with Gasteiger partial charge in [0.1, 0.15) is 12.2 Å². The zero-order valence-electron chi connectivity index (χ0n) is 18.5. The maximum atomic E-state index is 5.41. The van der Waals surface area contributed by atoms with Crippen molar-refractivity contribution in [3.8, 4) is 0 Å². The van der Waals surface area contributed by atoms with Gasteiger partial charge < -0.3 is 24.8 Å². The Morgan fingerprint density at radius 1 is 1.07 bits per heavy atom. The van der Waals surface area contributed by atoms with Gasteiger partial charge in [0, 0.05) is 45.8 Å². The summed E-state index contributed by atoms with van der Waals surface area (Å²) in [6.07, 6.45) is 10.3. The van der Waals surface area contributed by atoms with Crippen LogP contribution in [0.4, 0.5) is 0 Å². The van der Waals surface area contributed by atoms with Crippen molar-refractivity contribution in [1.29, 1.82) is 0 Å². The summed E-state index contributed by atoms with van der Waals surface area (Å²) >= 11 is 0. The maximum Gasteiger partial charge on any atom is 0.191 e. The van der Waals surface area contributed by atoms with E-state index in [-0.39, 0.29) is 0 Å². The second-order valence-corrected chi connectivity index (χ2v) is 7.54. The monoisotopic (exact) mass is 407 g/mol. The fourth-order valence-corrected chi connectivity index (χ4v) is 3.58. The van der Waals surface area contributed by atoms with Gasteiger partial charge in [0.2, 0.25) is 0 Å². The molecule has 0 spiro atoms. The van der Waals surface area contributed by atoms with E-state index in [9.17, 15) is 0 Å². The highest BCUT2D eigenvalue weighted by atomic mass is 16.5. The van der Waals surface area contributed by atoms with Crippen molar-refractivity contribution in [2.24, 2.45) is 4.99 Å². The predicted molar refractivity (Wildman–Crippen MR) is 118 cm³/mol. The van der Waals surface area contributed by atoms with Gasteiger partial charge in [0.25, 0.3) is 0 Å². The summed E-state index contributed by atoms with van der Waals surface area (Å²) in [6, 6.07) is 0. The van der Waals surface area contributed by atoms with Crippen molar-refractivity contribution in [2.75, 3.05) is 52.5 Å². The van der Waals surface area contributed by atoms with Crippen LogP contribution in [0.25, 0.3) is 0 Å². The molecule has 1 fully saturated rings. The minimum Gasteiger partial charge on any atom is -0.382 e. The van der Waals surface area contributed by atoms with E-state index in [2.05, 4.69) is 37.2 Å². The molecular formula is C21H41N7O. The Kier molecular flexibility index (Phi) is 12.4. The highest BCUT2D eigenvalue weighted by Crippen LogP contribution is 2.09. The van der Waals surface area contributed by atoms with Crippen molar-refractivity contribution < 1.29 is 4.74 Å². The fraction of sp³-hybridized carbons (Fsp3) is 0.857. The molecule has 2 N–H and O–H groups in total. The first-order valence-electron chi connectivity index (χ1n) is 11.5. The van der Waals surface area contributed by atoms with Gasteiger partial charge in [0.15, 0.2) is 5.96 Å². The molecule has 1 aromatic heterocycles. The quantitative estimate of drug-likeness (QED) is 0.296. The van der Waals surface area contributed by atoms with Gasteiger partial charge in [-0.1, -0.05) is 19.8 Å². The Bertz CT molecular complexity index is 553. The van der Waals surface area contributed by atoms with E-state index in [0.29, 0.717) is 0 Å². The third kappa shape index (κ3) is 10.1. The molecule has 0 radical (unpaired) electrons. The Hall–Kier alpha value is -1.67. The van der Waals surface area contributed by atoms with Gasteiger partial charge in [-0.2, -0.15) is 0 Å². The van der Waals surface area contributed by atoms with Crippen LogP contribution in [0.5, 0.6) is 0 Å². The Labute approximate surface area is 176 Å². The maximum absolute atomic E-state index is 5.41. The third-order valence-electron chi connectivity index (χ3n) is 5.22. The van der Waals surface area contributed by atoms with Gasteiger partial charge >= 0.3 is 0 Å². The van der Waals surface area contributed by atoms with Crippen molar-refractivity contribution in [2.45, 2.75) is 65.3 Å². The summed E-state index contributed by atoms with van der Waals surface area (Å²) in [5.41, 5.74) is 0. The van der Waals surface area contributed by atoms with Gasteiger partial charge in [-0.3, -0.25) is 4.99 Å². The number of aromatic nitrogens is 3. The van der Waals surface area contributed by atoms with E-state index in [1.165, 1.54) is 45.3 Å². The lowest BCUT2D eigenvalue weighted by atomic mass is 10.2. The molecule has 1 aromatic rings. The van der Waals surface area contributed by atoms with Crippen LogP contribution in [0.1, 0.15) is 58.2 Å². The molecule has 0 atom stereocenters. The van der Waals surface area contributed by atoms with E-state index in [1.807, 2.05) is 6.92 Å². The average molecular weight is 408 g/mol. The molecule has 0 aliphatic carbocycles. The van der Waals surface area contributed by atoms with E-state index >= 15 is 0 Å². The first kappa shape index (κ1) is 23.6. The number of nitrogens with zero attached hydrogens (tertiary/aromatic N) is 5. The molecule has 2 rings (SSSR count). The molecule has 1 aliphatic heterocycles. The number of guanidine groups is 1. The topological polar surface area (TPSA) is 79.6 Å². The number of hydrogen-bond donors (Lipinski definition) is 2. The number of rotatable bonds is 13. The highest BCUT2D eigenvalue weighted by Gasteiger charge is 2.08. The Morgan fingerprint density at radius 3 is 2.62 bits per heavy atom. The molecule has 0 unspecified atom stereocenters. The highest BCUT2D eigenvalue weighted by molar-refractivity contribution is 5.79. The zero-order valence-corrected chi connectivity index (χ0v) is 18.5. The summed E-state index contributed by atoms with van der Waals surface area (Å²) < 4.78 is 7.51. The molecular weight excluding hydrogens is 366 g/mol. The molecule has 0 saturated carbocycles. The molecule has 0 aromatic carbocycles. The molecule has 166 valence electrons. The van der Waals surface area contributed by atoms with Gasteiger partial charge in [-0.15, -0.1) is 10.2 Å². The minimum atomic E-state index is 0.766. The first-order valence-corrected chi connectivity index (χ1v) is 11.5.